The quantitative estimate of drug-likeness (QED) is 0.770. The molecule has 2 heterocycles. The second-order valence-electron chi connectivity index (χ2n) is 2.52. The lowest BCUT2D eigenvalue weighted by Crippen LogP contribution is -2.15. The van der Waals surface area contributed by atoms with Gasteiger partial charge in [-0.05, 0) is 25.1 Å². The zero-order valence-corrected chi connectivity index (χ0v) is 10.2. The second kappa shape index (κ2) is 8.12. The normalized spacial score (nSPS) is 17.7. The summed E-state index contributed by atoms with van der Waals surface area (Å²) in [4.78, 5) is 5.13. The maximum absolute atomic E-state index is 5.13. The van der Waals surface area contributed by atoms with Gasteiger partial charge < -0.3 is 9.25 Å². The van der Waals surface area contributed by atoms with Gasteiger partial charge in [-0.2, -0.15) is 0 Å². The first-order chi connectivity index (χ1) is 7.36. The summed E-state index contributed by atoms with van der Waals surface area (Å²) >= 11 is 0. The summed E-state index contributed by atoms with van der Waals surface area (Å²) in [6.07, 6.45) is 3.60. The molecule has 1 aliphatic rings. The van der Waals surface area contributed by atoms with Crippen molar-refractivity contribution in [3.05, 3.63) is 30.2 Å². The van der Waals surface area contributed by atoms with Gasteiger partial charge in [0.15, 0.2) is 11.5 Å². The van der Waals surface area contributed by atoms with Crippen LogP contribution in [0.3, 0.4) is 0 Å². The highest BCUT2D eigenvalue weighted by Gasteiger charge is 2.15. The average Bonchev–Trinajstić information content (AvgIpc) is 2.94. The molecule has 0 aliphatic carbocycles. The fourth-order valence-corrected chi connectivity index (χ4v) is 1.00. The van der Waals surface area contributed by atoms with E-state index >= 15 is 0 Å². The Hall–Kier alpha value is -1.22. The second-order valence-corrected chi connectivity index (χ2v) is 2.52. The van der Waals surface area contributed by atoms with Crippen LogP contribution in [-0.2, 0) is 4.84 Å². The van der Waals surface area contributed by atoms with Crippen LogP contribution in [0.25, 0.3) is 5.76 Å². The Bertz CT molecular complexity index is 265. The number of hydrogen-bond donors (Lipinski definition) is 1. The van der Waals surface area contributed by atoms with Crippen LogP contribution in [0.15, 0.2) is 28.9 Å². The van der Waals surface area contributed by atoms with Crippen molar-refractivity contribution in [2.75, 3.05) is 0 Å². The predicted octanol–water partition coefficient (Wildman–Crippen LogP) is 3.60. The lowest BCUT2D eigenvalue weighted by atomic mass is 10.3. The van der Waals surface area contributed by atoms with Crippen LogP contribution in [0, 0.1) is 0 Å². The Morgan fingerprint density at radius 1 is 1.20 bits per heavy atom. The first-order valence-electron chi connectivity index (χ1n) is 5.54. The molecule has 1 aromatic heterocycles. The molecule has 0 amide bonds. The fourth-order valence-electron chi connectivity index (χ4n) is 1.00. The van der Waals surface area contributed by atoms with E-state index in [-0.39, 0.29) is 6.04 Å². The summed E-state index contributed by atoms with van der Waals surface area (Å²) in [6, 6.07) is 3.96. The van der Waals surface area contributed by atoms with E-state index in [0.717, 1.165) is 11.5 Å². The molecule has 0 aromatic carbocycles. The zero-order chi connectivity index (χ0) is 11.7. The highest BCUT2D eigenvalue weighted by atomic mass is 16.7. The molecule has 1 N–H and O–H groups in total. The van der Waals surface area contributed by atoms with E-state index in [1.54, 1.807) is 6.26 Å². The highest BCUT2D eigenvalue weighted by molar-refractivity contribution is 5.56. The minimum Gasteiger partial charge on any atom is -0.461 e. The van der Waals surface area contributed by atoms with Gasteiger partial charge >= 0.3 is 0 Å². The van der Waals surface area contributed by atoms with Crippen molar-refractivity contribution in [1.29, 1.82) is 0 Å². The standard InChI is InChI=1S/C8H9NO2.2C2H6/c1-6-5-8(11-9-6)7-3-2-4-10-7;2*1-2/h2-6,9H,1H3;2*1-2H3. The Labute approximate surface area is 92.1 Å². The van der Waals surface area contributed by atoms with Crippen LogP contribution in [0.1, 0.15) is 40.4 Å². The van der Waals surface area contributed by atoms with Crippen molar-refractivity contribution in [3.63, 3.8) is 0 Å². The molecule has 3 nitrogen and oxygen atoms in total. The van der Waals surface area contributed by atoms with E-state index in [2.05, 4.69) is 5.48 Å². The molecule has 0 bridgehead atoms. The zero-order valence-electron chi connectivity index (χ0n) is 10.2. The van der Waals surface area contributed by atoms with Gasteiger partial charge in [0, 0.05) is 0 Å². The summed E-state index contributed by atoms with van der Waals surface area (Å²) in [7, 11) is 0. The Balaban J connectivity index is 0.000000442. The van der Waals surface area contributed by atoms with Gasteiger partial charge in [-0.15, -0.1) is 5.48 Å². The number of nitrogens with one attached hydrogen (secondary N) is 1. The van der Waals surface area contributed by atoms with Crippen LogP contribution in [0.5, 0.6) is 0 Å². The smallest absolute Gasteiger partial charge is 0.187 e. The van der Waals surface area contributed by atoms with Crippen LogP contribution < -0.4 is 5.48 Å². The van der Waals surface area contributed by atoms with Crippen LogP contribution >= 0.6 is 0 Å². The van der Waals surface area contributed by atoms with Crippen LogP contribution in [0.2, 0.25) is 0 Å². The summed E-state index contributed by atoms with van der Waals surface area (Å²) in [5.74, 6) is 1.53. The topological polar surface area (TPSA) is 34.4 Å². The molecule has 0 radical (unpaired) electrons. The van der Waals surface area contributed by atoms with E-state index in [1.807, 2.05) is 52.8 Å². The molecule has 1 atom stereocenters. The molecular formula is C12H21NO2. The van der Waals surface area contributed by atoms with Crippen LogP contribution in [0.4, 0.5) is 0 Å². The van der Waals surface area contributed by atoms with Gasteiger partial charge in [-0.1, -0.05) is 27.7 Å². The fraction of sp³-hybridized carbons (Fsp3) is 0.500. The average molecular weight is 211 g/mol. The molecule has 15 heavy (non-hydrogen) atoms. The minimum absolute atomic E-state index is 0.259. The van der Waals surface area contributed by atoms with E-state index in [1.165, 1.54) is 0 Å². The molecule has 0 fully saturated rings. The molecule has 0 saturated heterocycles. The monoisotopic (exact) mass is 211 g/mol. The van der Waals surface area contributed by atoms with E-state index < -0.39 is 0 Å². The molecule has 1 aliphatic heterocycles. The van der Waals surface area contributed by atoms with E-state index in [9.17, 15) is 0 Å². The molecule has 1 aromatic rings. The third kappa shape index (κ3) is 4.21. The molecule has 2 rings (SSSR count). The van der Waals surface area contributed by atoms with Gasteiger partial charge in [0.05, 0.1) is 12.3 Å². The molecule has 1 unspecified atom stereocenters. The Kier molecular flexibility index (Phi) is 7.46. The third-order valence-corrected chi connectivity index (χ3v) is 1.52. The lowest BCUT2D eigenvalue weighted by Gasteiger charge is -1.98. The predicted molar refractivity (Wildman–Crippen MR) is 63.1 cm³/mol. The van der Waals surface area contributed by atoms with E-state index in [4.69, 9.17) is 9.25 Å². The maximum Gasteiger partial charge on any atom is 0.187 e. The molecule has 86 valence electrons. The van der Waals surface area contributed by atoms with Crippen molar-refractivity contribution < 1.29 is 9.25 Å². The number of hydroxylamine groups is 1. The summed E-state index contributed by atoms with van der Waals surface area (Å²) in [5, 5.41) is 0. The van der Waals surface area contributed by atoms with Crippen LogP contribution in [-0.4, -0.2) is 6.04 Å². The van der Waals surface area contributed by atoms with Crippen molar-refractivity contribution in [2.24, 2.45) is 0 Å². The van der Waals surface area contributed by atoms with Gasteiger partial charge in [0.25, 0.3) is 0 Å². The molecule has 3 heteroatoms. The lowest BCUT2D eigenvalue weighted by molar-refractivity contribution is 0.162. The highest BCUT2D eigenvalue weighted by Crippen LogP contribution is 2.19. The van der Waals surface area contributed by atoms with Gasteiger partial charge in [-0.3, -0.25) is 0 Å². The van der Waals surface area contributed by atoms with Gasteiger partial charge in [0.1, 0.15) is 0 Å². The van der Waals surface area contributed by atoms with Crippen molar-refractivity contribution >= 4 is 5.76 Å². The molecule has 0 saturated carbocycles. The Morgan fingerprint density at radius 3 is 2.27 bits per heavy atom. The maximum atomic E-state index is 5.13. The number of rotatable bonds is 1. The summed E-state index contributed by atoms with van der Waals surface area (Å²) < 4.78 is 5.13. The Morgan fingerprint density at radius 2 is 1.87 bits per heavy atom. The third-order valence-electron chi connectivity index (χ3n) is 1.52. The SMILES string of the molecule is CC.CC.CC1C=C(c2ccco2)ON1. The number of furan rings is 1. The molecule has 0 spiro atoms. The minimum atomic E-state index is 0.259. The summed E-state index contributed by atoms with van der Waals surface area (Å²) in [5.41, 5.74) is 2.81. The molecular weight excluding hydrogens is 190 g/mol. The van der Waals surface area contributed by atoms with Crippen molar-refractivity contribution in [1.82, 2.24) is 5.48 Å². The van der Waals surface area contributed by atoms with Gasteiger partial charge in [0.2, 0.25) is 0 Å². The number of hydrogen-bond acceptors (Lipinski definition) is 3. The van der Waals surface area contributed by atoms with E-state index in [0.29, 0.717) is 0 Å². The first kappa shape index (κ1) is 13.8. The van der Waals surface area contributed by atoms with Gasteiger partial charge in [-0.25, -0.2) is 0 Å². The van der Waals surface area contributed by atoms with Crippen molar-refractivity contribution in [3.8, 4) is 0 Å². The first-order valence-corrected chi connectivity index (χ1v) is 5.54. The summed E-state index contributed by atoms with van der Waals surface area (Å²) in [6.45, 7) is 10.0. The van der Waals surface area contributed by atoms with Crippen molar-refractivity contribution in [2.45, 2.75) is 40.7 Å². The largest absolute Gasteiger partial charge is 0.461 e.